The van der Waals surface area contributed by atoms with E-state index >= 15 is 0 Å². The lowest BCUT2D eigenvalue weighted by molar-refractivity contribution is -0.117. The highest BCUT2D eigenvalue weighted by molar-refractivity contribution is 7.87. The van der Waals surface area contributed by atoms with E-state index in [9.17, 15) is 17.8 Å². The van der Waals surface area contributed by atoms with Crippen LogP contribution in [0.1, 0.15) is 24.8 Å². The van der Waals surface area contributed by atoms with Gasteiger partial charge < -0.3 is 20.7 Å². The smallest absolute Gasteiger partial charge is 0.360 e. The molecule has 0 radical (unpaired) electrons. The number of nitrogens with one attached hydrogen (secondary N) is 1. The van der Waals surface area contributed by atoms with Crippen molar-refractivity contribution in [3.63, 3.8) is 0 Å². The molecule has 0 aromatic heterocycles. The van der Waals surface area contributed by atoms with E-state index < -0.39 is 22.3 Å². The standard InChI is InChI=1S/C23H32N4O5S/c1-18-5-9-21(10-6-18)27(33(29,30)31)22(4-2-3-13-24)23(28)25-19-7-11-20(12-8-19)26-14-16-32-17-15-26/h5-12,22H,2-4,13-17,24H2,1H3,(H,25,28)(H,29,30,31). The Morgan fingerprint density at radius 1 is 1.12 bits per heavy atom. The molecule has 1 heterocycles. The molecule has 2 aromatic rings. The number of amides is 1. The average molecular weight is 477 g/mol. The van der Waals surface area contributed by atoms with Gasteiger partial charge in [0.15, 0.2) is 0 Å². The molecule has 180 valence electrons. The first-order valence-electron chi connectivity index (χ1n) is 11.1. The first kappa shape index (κ1) is 25.0. The molecular formula is C23H32N4O5S. The second kappa shape index (κ2) is 11.5. The van der Waals surface area contributed by atoms with Gasteiger partial charge in [-0.05, 0) is 69.1 Å². The molecule has 1 fully saturated rings. The Kier molecular flexibility index (Phi) is 8.67. The molecule has 0 spiro atoms. The first-order chi connectivity index (χ1) is 15.8. The monoisotopic (exact) mass is 476 g/mol. The minimum atomic E-state index is -4.70. The second-order valence-electron chi connectivity index (χ2n) is 8.04. The normalized spacial score (nSPS) is 15.2. The van der Waals surface area contributed by atoms with Crippen LogP contribution >= 0.6 is 0 Å². The Labute approximate surface area is 195 Å². The fraction of sp³-hybridized carbons (Fsp3) is 0.435. The number of unbranched alkanes of at least 4 members (excludes halogenated alkanes) is 1. The van der Waals surface area contributed by atoms with E-state index in [0.717, 1.165) is 28.6 Å². The van der Waals surface area contributed by atoms with Crippen LogP contribution in [-0.2, 0) is 19.8 Å². The largest absolute Gasteiger partial charge is 0.378 e. The SMILES string of the molecule is Cc1ccc(N(C(CCCCN)C(=O)Nc2ccc(N3CCOCC3)cc2)S(=O)(=O)O)cc1. The van der Waals surface area contributed by atoms with Crippen LogP contribution in [0.2, 0.25) is 0 Å². The second-order valence-corrected chi connectivity index (χ2v) is 9.33. The minimum absolute atomic E-state index is 0.211. The lowest BCUT2D eigenvalue weighted by Gasteiger charge is -2.30. The van der Waals surface area contributed by atoms with Gasteiger partial charge in [-0.2, -0.15) is 8.42 Å². The number of rotatable bonds is 10. The Hall–Kier alpha value is -2.66. The van der Waals surface area contributed by atoms with E-state index in [1.54, 1.807) is 36.4 Å². The van der Waals surface area contributed by atoms with Crippen molar-refractivity contribution in [2.45, 2.75) is 32.2 Å². The molecule has 0 bridgehead atoms. The molecule has 4 N–H and O–H groups in total. The van der Waals surface area contributed by atoms with Crippen LogP contribution in [0.3, 0.4) is 0 Å². The number of morpholine rings is 1. The highest BCUT2D eigenvalue weighted by atomic mass is 32.2. The van der Waals surface area contributed by atoms with Crippen molar-refractivity contribution in [1.82, 2.24) is 0 Å². The van der Waals surface area contributed by atoms with E-state index in [1.165, 1.54) is 0 Å². The molecule has 1 aliphatic heterocycles. The highest BCUT2D eigenvalue weighted by Crippen LogP contribution is 2.25. The highest BCUT2D eigenvalue weighted by Gasteiger charge is 2.34. The van der Waals surface area contributed by atoms with E-state index in [2.05, 4.69) is 10.2 Å². The summed E-state index contributed by atoms with van der Waals surface area (Å²) in [4.78, 5) is 15.4. The van der Waals surface area contributed by atoms with Crippen molar-refractivity contribution in [3.8, 4) is 0 Å². The van der Waals surface area contributed by atoms with Gasteiger partial charge in [0.05, 0.1) is 18.9 Å². The van der Waals surface area contributed by atoms with Gasteiger partial charge in [-0.15, -0.1) is 0 Å². The number of anilines is 3. The van der Waals surface area contributed by atoms with Gasteiger partial charge in [0.1, 0.15) is 6.04 Å². The van der Waals surface area contributed by atoms with Crippen molar-refractivity contribution in [2.75, 3.05) is 47.4 Å². The summed E-state index contributed by atoms with van der Waals surface area (Å²) < 4.78 is 40.8. The van der Waals surface area contributed by atoms with Crippen LogP contribution in [0.4, 0.5) is 17.1 Å². The molecule has 1 aliphatic rings. The van der Waals surface area contributed by atoms with Gasteiger partial charge >= 0.3 is 10.3 Å². The van der Waals surface area contributed by atoms with Crippen molar-refractivity contribution in [3.05, 3.63) is 54.1 Å². The van der Waals surface area contributed by atoms with Crippen LogP contribution in [0.5, 0.6) is 0 Å². The summed E-state index contributed by atoms with van der Waals surface area (Å²) in [5.74, 6) is -0.524. The number of aryl methyl sites for hydroxylation is 1. The summed E-state index contributed by atoms with van der Waals surface area (Å²) in [5.41, 5.74) is 8.30. The van der Waals surface area contributed by atoms with Crippen LogP contribution < -0.4 is 20.3 Å². The third kappa shape index (κ3) is 6.91. The molecule has 1 unspecified atom stereocenters. The molecule has 0 saturated carbocycles. The fourth-order valence-electron chi connectivity index (χ4n) is 3.81. The maximum Gasteiger partial charge on any atom is 0.360 e. The molecule has 0 aliphatic carbocycles. The Balaban J connectivity index is 1.82. The zero-order valence-electron chi connectivity index (χ0n) is 18.8. The number of carbonyl (C=O) groups excluding carboxylic acids is 1. The van der Waals surface area contributed by atoms with E-state index in [-0.39, 0.29) is 12.1 Å². The maximum atomic E-state index is 13.2. The lowest BCUT2D eigenvalue weighted by Crippen LogP contribution is -2.47. The van der Waals surface area contributed by atoms with Crippen LogP contribution in [0.15, 0.2) is 48.5 Å². The van der Waals surface area contributed by atoms with Gasteiger partial charge in [0.2, 0.25) is 5.91 Å². The number of nitrogens with zero attached hydrogens (tertiary/aromatic N) is 2. The van der Waals surface area contributed by atoms with Gasteiger partial charge in [-0.3, -0.25) is 9.35 Å². The average Bonchev–Trinajstić information content (AvgIpc) is 2.80. The van der Waals surface area contributed by atoms with Gasteiger partial charge in [-0.1, -0.05) is 17.7 Å². The minimum Gasteiger partial charge on any atom is -0.378 e. The quantitative estimate of drug-likeness (QED) is 0.355. The van der Waals surface area contributed by atoms with E-state index in [4.69, 9.17) is 10.5 Å². The third-order valence-corrected chi connectivity index (χ3v) is 6.53. The lowest BCUT2D eigenvalue weighted by atomic mass is 10.1. The Morgan fingerprint density at radius 3 is 2.33 bits per heavy atom. The number of nitrogens with two attached hydrogens (primary N) is 1. The van der Waals surface area contributed by atoms with E-state index in [0.29, 0.717) is 38.3 Å². The van der Waals surface area contributed by atoms with Crippen molar-refractivity contribution < 1.29 is 22.5 Å². The fourth-order valence-corrected chi connectivity index (χ4v) is 4.72. The molecule has 1 atom stereocenters. The zero-order valence-corrected chi connectivity index (χ0v) is 19.6. The van der Waals surface area contributed by atoms with Crippen molar-refractivity contribution in [2.24, 2.45) is 5.73 Å². The first-order valence-corrected chi connectivity index (χ1v) is 12.5. The van der Waals surface area contributed by atoms with Gasteiger partial charge in [0.25, 0.3) is 0 Å². The Bertz CT molecular complexity index is 1010. The predicted molar refractivity (Wildman–Crippen MR) is 130 cm³/mol. The molecular weight excluding hydrogens is 444 g/mol. The molecule has 33 heavy (non-hydrogen) atoms. The van der Waals surface area contributed by atoms with Crippen molar-refractivity contribution in [1.29, 1.82) is 0 Å². The number of hydrogen-bond acceptors (Lipinski definition) is 6. The number of benzene rings is 2. The number of ether oxygens (including phenoxy) is 1. The predicted octanol–water partition coefficient (Wildman–Crippen LogP) is 2.58. The Morgan fingerprint density at radius 2 is 1.76 bits per heavy atom. The molecule has 1 saturated heterocycles. The number of carbonyl (C=O) groups is 1. The summed E-state index contributed by atoms with van der Waals surface area (Å²) in [6.45, 7) is 5.24. The number of hydrogen-bond donors (Lipinski definition) is 3. The van der Waals surface area contributed by atoms with Crippen LogP contribution in [-0.4, -0.2) is 57.8 Å². The van der Waals surface area contributed by atoms with E-state index in [1.807, 2.05) is 19.1 Å². The topological polar surface area (TPSA) is 125 Å². The molecule has 2 aromatic carbocycles. The summed E-state index contributed by atoms with van der Waals surface area (Å²) in [6, 6.07) is 12.8. The molecule has 3 rings (SSSR count). The summed E-state index contributed by atoms with van der Waals surface area (Å²) in [7, 11) is -4.70. The van der Waals surface area contributed by atoms with Gasteiger partial charge in [0, 0.05) is 24.5 Å². The summed E-state index contributed by atoms with van der Waals surface area (Å²) in [5, 5.41) is 2.80. The summed E-state index contributed by atoms with van der Waals surface area (Å²) >= 11 is 0. The van der Waals surface area contributed by atoms with Crippen LogP contribution in [0, 0.1) is 6.92 Å². The summed E-state index contributed by atoms with van der Waals surface area (Å²) in [6.07, 6.45) is 1.37. The third-order valence-electron chi connectivity index (χ3n) is 5.57. The maximum absolute atomic E-state index is 13.2. The van der Waals surface area contributed by atoms with Crippen LogP contribution in [0.25, 0.3) is 0 Å². The molecule has 1 amide bonds. The zero-order chi connectivity index (χ0) is 23.8. The molecule has 10 heteroatoms. The van der Waals surface area contributed by atoms with Gasteiger partial charge in [-0.25, -0.2) is 4.31 Å². The molecule has 9 nitrogen and oxygen atoms in total. The van der Waals surface area contributed by atoms with Crippen molar-refractivity contribution >= 4 is 33.3 Å².